The maximum Gasteiger partial charge on any atom is 0.234 e. The van der Waals surface area contributed by atoms with Gasteiger partial charge in [0.05, 0.1) is 18.0 Å². The number of amides is 1. The molecule has 5 nitrogen and oxygen atoms in total. The molecule has 1 heterocycles. The van der Waals surface area contributed by atoms with E-state index >= 15 is 0 Å². The molecule has 0 saturated heterocycles. The molecule has 2 rings (SSSR count). The zero-order valence-electron chi connectivity index (χ0n) is 9.98. The number of fused-ring (bicyclic) bond motifs is 1. The maximum absolute atomic E-state index is 11.3. The average Bonchev–Trinajstić information content (AvgIpc) is 2.38. The molecule has 6 heteroatoms. The number of rotatable bonds is 5. The van der Waals surface area contributed by atoms with Gasteiger partial charge in [0.25, 0.3) is 0 Å². The average molecular weight is 267 g/mol. The molecule has 0 bridgehead atoms. The Bertz CT molecular complexity index is 439. The van der Waals surface area contributed by atoms with Gasteiger partial charge in [0.1, 0.15) is 0 Å². The number of nitrogens with two attached hydrogens (primary N) is 1. The lowest BCUT2D eigenvalue weighted by Crippen LogP contribution is -2.36. The van der Waals surface area contributed by atoms with Crippen molar-refractivity contribution >= 4 is 23.4 Å². The second-order valence-corrected chi connectivity index (χ2v) is 5.26. The molecule has 1 aliphatic rings. The summed E-state index contributed by atoms with van der Waals surface area (Å²) >= 11 is 1.55. The number of anilines is 1. The number of aliphatic hydroxyl groups excluding tert-OH is 1. The highest BCUT2D eigenvalue weighted by Crippen LogP contribution is 2.31. The number of benzene rings is 1. The number of hydrogen-bond acceptors (Lipinski definition) is 5. The van der Waals surface area contributed by atoms with Crippen molar-refractivity contribution in [1.29, 1.82) is 0 Å². The van der Waals surface area contributed by atoms with Crippen molar-refractivity contribution in [1.82, 2.24) is 5.32 Å². The number of nitrogens with one attached hydrogen (secondary N) is 2. The van der Waals surface area contributed by atoms with Crippen LogP contribution < -0.4 is 16.4 Å². The molecule has 1 amide bonds. The van der Waals surface area contributed by atoms with E-state index in [1.54, 1.807) is 11.8 Å². The van der Waals surface area contributed by atoms with Crippen molar-refractivity contribution in [3.8, 4) is 0 Å². The maximum atomic E-state index is 11.3. The Labute approximate surface area is 110 Å². The quantitative estimate of drug-likeness (QED) is 0.609. The summed E-state index contributed by atoms with van der Waals surface area (Å²) in [4.78, 5) is 12.4. The minimum atomic E-state index is -0.238. The van der Waals surface area contributed by atoms with Gasteiger partial charge in [0.15, 0.2) is 0 Å². The van der Waals surface area contributed by atoms with Crippen molar-refractivity contribution in [2.24, 2.45) is 5.73 Å². The van der Waals surface area contributed by atoms with Crippen molar-refractivity contribution < 1.29 is 9.90 Å². The van der Waals surface area contributed by atoms with Crippen LogP contribution in [0.2, 0.25) is 0 Å². The van der Waals surface area contributed by atoms with Crippen LogP contribution in [-0.2, 0) is 11.3 Å². The number of hydrogen-bond donors (Lipinski definition) is 4. The summed E-state index contributed by atoms with van der Waals surface area (Å²) in [6.45, 7) is 1.21. The fourth-order valence-electron chi connectivity index (χ4n) is 1.71. The van der Waals surface area contributed by atoms with E-state index in [1.165, 1.54) is 0 Å². The van der Waals surface area contributed by atoms with Crippen molar-refractivity contribution in [3.05, 3.63) is 23.8 Å². The minimum Gasteiger partial charge on any atom is -0.395 e. The summed E-state index contributed by atoms with van der Waals surface area (Å²) in [5, 5.41) is 14.8. The normalized spacial score (nSPS) is 16.0. The molecule has 1 aromatic rings. The third-order valence-corrected chi connectivity index (χ3v) is 3.72. The van der Waals surface area contributed by atoms with E-state index in [-0.39, 0.29) is 18.6 Å². The summed E-state index contributed by atoms with van der Waals surface area (Å²) in [6, 6.07) is 5.78. The second-order valence-electron chi connectivity index (χ2n) is 4.24. The molecule has 18 heavy (non-hydrogen) atoms. The number of aliphatic hydroxyl groups is 1. The smallest absolute Gasteiger partial charge is 0.234 e. The van der Waals surface area contributed by atoms with Gasteiger partial charge >= 0.3 is 0 Å². The van der Waals surface area contributed by atoms with Gasteiger partial charge in [-0.1, -0.05) is 6.07 Å². The number of carbonyl (C=O) groups is 1. The van der Waals surface area contributed by atoms with Crippen LogP contribution in [0.15, 0.2) is 23.1 Å². The number of thioether (sulfide) groups is 1. The first-order valence-corrected chi connectivity index (χ1v) is 6.80. The van der Waals surface area contributed by atoms with Gasteiger partial charge in [-0.05, 0) is 17.7 Å². The molecule has 1 aliphatic heterocycles. The van der Waals surface area contributed by atoms with E-state index < -0.39 is 0 Å². The molecule has 1 unspecified atom stereocenters. The van der Waals surface area contributed by atoms with Crippen molar-refractivity contribution in [2.45, 2.75) is 17.5 Å². The Morgan fingerprint density at radius 2 is 2.39 bits per heavy atom. The highest BCUT2D eigenvalue weighted by molar-refractivity contribution is 8.00. The highest BCUT2D eigenvalue weighted by atomic mass is 32.2. The van der Waals surface area contributed by atoms with Gasteiger partial charge in [0, 0.05) is 24.0 Å². The first kappa shape index (κ1) is 13.4. The lowest BCUT2D eigenvalue weighted by molar-refractivity contribution is -0.113. The Kier molecular flexibility index (Phi) is 4.60. The summed E-state index contributed by atoms with van der Waals surface area (Å²) in [7, 11) is 0. The van der Waals surface area contributed by atoms with Crippen LogP contribution in [-0.4, -0.2) is 36.0 Å². The Morgan fingerprint density at radius 1 is 1.56 bits per heavy atom. The fourth-order valence-corrected chi connectivity index (χ4v) is 2.50. The molecular weight excluding hydrogens is 250 g/mol. The molecule has 5 N–H and O–H groups in total. The summed E-state index contributed by atoms with van der Waals surface area (Å²) in [6.07, 6.45) is 0. The van der Waals surface area contributed by atoms with Gasteiger partial charge in [-0.15, -0.1) is 11.8 Å². The van der Waals surface area contributed by atoms with E-state index in [1.807, 2.05) is 18.2 Å². The summed E-state index contributed by atoms with van der Waals surface area (Å²) < 4.78 is 0. The van der Waals surface area contributed by atoms with Crippen LogP contribution in [0, 0.1) is 0 Å². The topological polar surface area (TPSA) is 87.4 Å². The lowest BCUT2D eigenvalue weighted by atomic mass is 10.2. The van der Waals surface area contributed by atoms with Gasteiger partial charge in [-0.25, -0.2) is 0 Å². The van der Waals surface area contributed by atoms with Gasteiger partial charge in [-0.3, -0.25) is 4.79 Å². The first-order chi connectivity index (χ1) is 8.69. The minimum absolute atomic E-state index is 0.0239. The molecule has 0 spiro atoms. The molecule has 0 fully saturated rings. The van der Waals surface area contributed by atoms with Gasteiger partial charge in [0.2, 0.25) is 5.91 Å². The Hall–Kier alpha value is -1.08. The van der Waals surface area contributed by atoms with E-state index in [4.69, 9.17) is 10.8 Å². The first-order valence-electron chi connectivity index (χ1n) is 5.82. The number of carbonyl (C=O) groups excluding carboxylic acids is 1. The molecule has 0 saturated carbocycles. The van der Waals surface area contributed by atoms with E-state index in [9.17, 15) is 4.79 Å². The van der Waals surface area contributed by atoms with Crippen LogP contribution in [0.4, 0.5) is 5.69 Å². The fraction of sp³-hybridized carbons (Fsp3) is 0.417. The van der Waals surface area contributed by atoms with Crippen LogP contribution in [0.1, 0.15) is 5.56 Å². The molecule has 98 valence electrons. The molecular formula is C12H17N3O2S. The second kappa shape index (κ2) is 6.19. The Morgan fingerprint density at radius 3 is 3.17 bits per heavy atom. The third kappa shape index (κ3) is 3.46. The van der Waals surface area contributed by atoms with Crippen molar-refractivity contribution in [3.63, 3.8) is 0 Å². The zero-order chi connectivity index (χ0) is 13.0. The monoisotopic (exact) mass is 267 g/mol. The van der Waals surface area contributed by atoms with Crippen LogP contribution in [0.3, 0.4) is 0 Å². The standard InChI is InChI=1S/C12H17N3O2S/c13-9(6-16)5-14-4-8-1-2-11-10(3-8)15-12(17)7-18-11/h1-3,9,14,16H,4-7,13H2,(H,15,17). The summed E-state index contributed by atoms with van der Waals surface area (Å²) in [5.74, 6) is 0.524. The third-order valence-electron chi connectivity index (χ3n) is 2.65. The predicted molar refractivity (Wildman–Crippen MR) is 72.6 cm³/mol. The van der Waals surface area contributed by atoms with Crippen molar-refractivity contribution in [2.75, 3.05) is 24.2 Å². The Balaban J connectivity index is 1.94. The van der Waals surface area contributed by atoms with Crippen LogP contribution in [0.25, 0.3) is 0 Å². The van der Waals surface area contributed by atoms with E-state index in [2.05, 4.69) is 10.6 Å². The molecule has 1 aromatic carbocycles. The largest absolute Gasteiger partial charge is 0.395 e. The molecule has 1 atom stereocenters. The van der Waals surface area contributed by atoms with Gasteiger partial charge in [-0.2, -0.15) is 0 Å². The zero-order valence-corrected chi connectivity index (χ0v) is 10.8. The van der Waals surface area contributed by atoms with E-state index in [0.717, 1.165) is 16.1 Å². The highest BCUT2D eigenvalue weighted by Gasteiger charge is 2.15. The SMILES string of the molecule is NC(CO)CNCc1ccc2c(c1)NC(=O)CS2. The molecule has 0 radical (unpaired) electrons. The summed E-state index contributed by atoms with van der Waals surface area (Å²) in [5.41, 5.74) is 7.56. The lowest BCUT2D eigenvalue weighted by Gasteiger charge is -2.17. The van der Waals surface area contributed by atoms with Crippen LogP contribution >= 0.6 is 11.8 Å². The molecule has 0 aromatic heterocycles. The van der Waals surface area contributed by atoms with Gasteiger partial charge < -0.3 is 21.5 Å². The van der Waals surface area contributed by atoms with Crippen LogP contribution in [0.5, 0.6) is 0 Å². The van der Waals surface area contributed by atoms with E-state index in [0.29, 0.717) is 18.8 Å². The predicted octanol–water partition coefficient (Wildman–Crippen LogP) is 0.140. The molecule has 0 aliphatic carbocycles.